The minimum absolute atomic E-state index is 0.157. The molecule has 0 bridgehead atoms. The van der Waals surface area contributed by atoms with E-state index in [1.165, 1.54) is 0 Å². The van der Waals surface area contributed by atoms with Crippen LogP contribution in [0.4, 0.5) is 11.5 Å². The van der Waals surface area contributed by atoms with E-state index in [9.17, 15) is 0 Å². The molecule has 0 aliphatic carbocycles. The van der Waals surface area contributed by atoms with Crippen LogP contribution in [0.5, 0.6) is 11.5 Å². The first-order valence-corrected chi connectivity index (χ1v) is 7.89. The average Bonchev–Trinajstić information content (AvgIpc) is 2.55. The Morgan fingerprint density at radius 3 is 2.30 bits per heavy atom. The van der Waals surface area contributed by atoms with Crippen molar-refractivity contribution in [1.82, 2.24) is 9.97 Å². The molecule has 3 rings (SSSR count). The minimum atomic E-state index is 0.157. The van der Waals surface area contributed by atoms with Gasteiger partial charge in [0.2, 0.25) is 5.28 Å². The van der Waals surface area contributed by atoms with E-state index in [2.05, 4.69) is 31.2 Å². The van der Waals surface area contributed by atoms with E-state index in [0.717, 1.165) is 15.5 Å². The van der Waals surface area contributed by atoms with E-state index in [4.69, 9.17) is 21.1 Å². The number of halogens is 2. The molecule has 2 aromatic carbocycles. The van der Waals surface area contributed by atoms with Crippen LogP contribution >= 0.6 is 27.5 Å². The molecular weight excluding hydrogens is 382 g/mol. The number of methoxy groups -OCH3 is 2. The normalized spacial score (nSPS) is 10.6. The summed E-state index contributed by atoms with van der Waals surface area (Å²) >= 11 is 9.45. The summed E-state index contributed by atoms with van der Waals surface area (Å²) in [5.74, 6) is 1.79. The van der Waals surface area contributed by atoms with Crippen LogP contribution in [-0.4, -0.2) is 24.2 Å². The van der Waals surface area contributed by atoms with Gasteiger partial charge in [0, 0.05) is 21.6 Å². The number of nitrogens with one attached hydrogen (secondary N) is 1. The summed E-state index contributed by atoms with van der Waals surface area (Å²) in [6, 6.07) is 11.4. The summed E-state index contributed by atoms with van der Waals surface area (Å²) in [6.45, 7) is 0. The zero-order valence-electron chi connectivity index (χ0n) is 12.4. The van der Waals surface area contributed by atoms with Crippen LogP contribution in [0.3, 0.4) is 0 Å². The molecule has 0 amide bonds. The Kier molecular flexibility index (Phi) is 4.54. The Hall–Kier alpha value is -2.05. The highest BCUT2D eigenvalue weighted by Crippen LogP contribution is 2.35. The van der Waals surface area contributed by atoms with E-state index < -0.39 is 0 Å². The molecule has 1 heterocycles. The van der Waals surface area contributed by atoms with Crippen LogP contribution in [0, 0.1) is 0 Å². The molecule has 0 saturated heterocycles. The number of hydrogen-bond donors (Lipinski definition) is 1. The molecule has 3 aromatic rings. The molecule has 0 atom stereocenters. The first-order chi connectivity index (χ1) is 11.1. The lowest BCUT2D eigenvalue weighted by Gasteiger charge is -2.12. The van der Waals surface area contributed by atoms with Crippen molar-refractivity contribution in [2.75, 3.05) is 19.5 Å². The molecule has 0 spiro atoms. The monoisotopic (exact) mass is 393 g/mol. The molecular formula is C16H13BrClN3O2. The fourth-order valence-corrected chi connectivity index (χ4v) is 2.63. The van der Waals surface area contributed by atoms with Crippen molar-refractivity contribution in [1.29, 1.82) is 0 Å². The Labute approximate surface area is 146 Å². The van der Waals surface area contributed by atoms with Crippen LogP contribution in [-0.2, 0) is 0 Å². The molecule has 1 aromatic heterocycles. The van der Waals surface area contributed by atoms with Crippen molar-refractivity contribution in [3.05, 3.63) is 46.2 Å². The third-order valence-electron chi connectivity index (χ3n) is 3.28. The quantitative estimate of drug-likeness (QED) is 0.644. The van der Waals surface area contributed by atoms with Crippen LogP contribution in [0.25, 0.3) is 10.9 Å². The van der Waals surface area contributed by atoms with Gasteiger partial charge in [-0.15, -0.1) is 0 Å². The number of anilines is 2. The average molecular weight is 395 g/mol. The smallest absolute Gasteiger partial charge is 0.224 e. The summed E-state index contributed by atoms with van der Waals surface area (Å²) < 4.78 is 11.6. The summed E-state index contributed by atoms with van der Waals surface area (Å²) in [7, 11) is 3.16. The maximum absolute atomic E-state index is 6.04. The Morgan fingerprint density at radius 1 is 1.00 bits per heavy atom. The molecule has 0 fully saturated rings. The molecule has 0 aliphatic heterocycles. The Balaban J connectivity index is 2.13. The van der Waals surface area contributed by atoms with E-state index in [-0.39, 0.29) is 5.28 Å². The summed E-state index contributed by atoms with van der Waals surface area (Å²) in [4.78, 5) is 8.53. The van der Waals surface area contributed by atoms with Crippen molar-refractivity contribution in [2.45, 2.75) is 0 Å². The zero-order valence-corrected chi connectivity index (χ0v) is 14.8. The van der Waals surface area contributed by atoms with Gasteiger partial charge in [-0.05, 0) is 41.9 Å². The molecule has 7 heteroatoms. The van der Waals surface area contributed by atoms with Crippen molar-refractivity contribution in [2.24, 2.45) is 0 Å². The number of rotatable bonds is 4. The van der Waals surface area contributed by atoms with Gasteiger partial charge in [-0.1, -0.05) is 15.9 Å². The fraction of sp³-hybridized carbons (Fsp3) is 0.125. The lowest BCUT2D eigenvalue weighted by atomic mass is 10.2. The van der Waals surface area contributed by atoms with E-state index in [0.29, 0.717) is 22.8 Å². The lowest BCUT2D eigenvalue weighted by molar-refractivity contribution is 0.356. The number of fused-ring (bicyclic) bond motifs is 1. The molecule has 0 aliphatic rings. The standard InChI is InChI=1S/C16H13BrClN3O2/c1-22-13-7-11-12(8-14(13)23-2)20-16(18)21-15(11)19-10-5-3-9(17)4-6-10/h3-8H,1-2H3,(H,19,20,21). The zero-order chi connectivity index (χ0) is 16.4. The van der Waals surface area contributed by atoms with Crippen LogP contribution in [0.2, 0.25) is 5.28 Å². The SMILES string of the molecule is COc1cc2nc(Cl)nc(Nc3ccc(Br)cc3)c2cc1OC. The fourth-order valence-electron chi connectivity index (χ4n) is 2.19. The molecule has 5 nitrogen and oxygen atoms in total. The molecule has 0 unspecified atom stereocenters. The number of aromatic nitrogens is 2. The molecule has 1 N–H and O–H groups in total. The summed E-state index contributed by atoms with van der Waals surface area (Å²) in [6.07, 6.45) is 0. The number of ether oxygens (including phenoxy) is 2. The summed E-state index contributed by atoms with van der Waals surface area (Å²) in [5.41, 5.74) is 1.56. The topological polar surface area (TPSA) is 56.3 Å². The summed E-state index contributed by atoms with van der Waals surface area (Å²) in [5, 5.41) is 4.19. The molecule has 0 radical (unpaired) electrons. The van der Waals surface area contributed by atoms with Gasteiger partial charge in [0.25, 0.3) is 0 Å². The number of benzene rings is 2. The highest BCUT2D eigenvalue weighted by atomic mass is 79.9. The van der Waals surface area contributed by atoms with Gasteiger partial charge in [0.05, 0.1) is 19.7 Å². The van der Waals surface area contributed by atoms with Crippen molar-refractivity contribution in [3.8, 4) is 11.5 Å². The van der Waals surface area contributed by atoms with E-state index >= 15 is 0 Å². The lowest BCUT2D eigenvalue weighted by Crippen LogP contribution is -1.99. The van der Waals surface area contributed by atoms with Gasteiger partial charge in [-0.3, -0.25) is 0 Å². The predicted molar refractivity (Wildman–Crippen MR) is 95.1 cm³/mol. The minimum Gasteiger partial charge on any atom is -0.493 e. The molecule has 118 valence electrons. The van der Waals surface area contributed by atoms with Gasteiger partial charge >= 0.3 is 0 Å². The maximum atomic E-state index is 6.04. The second-order valence-corrected chi connectivity index (χ2v) is 5.95. The number of nitrogens with zero attached hydrogens (tertiary/aromatic N) is 2. The molecule has 0 saturated carbocycles. The maximum Gasteiger partial charge on any atom is 0.224 e. The second-order valence-electron chi connectivity index (χ2n) is 4.70. The Bertz CT molecular complexity index is 856. The highest BCUT2D eigenvalue weighted by molar-refractivity contribution is 9.10. The highest BCUT2D eigenvalue weighted by Gasteiger charge is 2.13. The van der Waals surface area contributed by atoms with Gasteiger partial charge in [-0.2, -0.15) is 4.98 Å². The van der Waals surface area contributed by atoms with Crippen molar-refractivity contribution < 1.29 is 9.47 Å². The second kappa shape index (κ2) is 6.60. The van der Waals surface area contributed by atoms with Crippen molar-refractivity contribution in [3.63, 3.8) is 0 Å². The van der Waals surface area contributed by atoms with Gasteiger partial charge in [0.1, 0.15) is 5.82 Å². The Morgan fingerprint density at radius 2 is 1.65 bits per heavy atom. The van der Waals surface area contributed by atoms with Gasteiger partial charge in [0.15, 0.2) is 11.5 Å². The number of hydrogen-bond acceptors (Lipinski definition) is 5. The third kappa shape index (κ3) is 3.33. The van der Waals surface area contributed by atoms with Gasteiger partial charge < -0.3 is 14.8 Å². The predicted octanol–water partition coefficient (Wildman–Crippen LogP) is 4.81. The van der Waals surface area contributed by atoms with Crippen LogP contribution < -0.4 is 14.8 Å². The first kappa shape index (κ1) is 15.8. The first-order valence-electron chi connectivity index (χ1n) is 6.72. The third-order valence-corrected chi connectivity index (χ3v) is 3.98. The van der Waals surface area contributed by atoms with Crippen LogP contribution in [0.15, 0.2) is 40.9 Å². The van der Waals surface area contributed by atoms with E-state index in [1.807, 2.05) is 30.3 Å². The van der Waals surface area contributed by atoms with Crippen LogP contribution in [0.1, 0.15) is 0 Å². The van der Waals surface area contributed by atoms with Gasteiger partial charge in [-0.25, -0.2) is 4.98 Å². The largest absolute Gasteiger partial charge is 0.493 e. The van der Waals surface area contributed by atoms with Crippen molar-refractivity contribution >= 4 is 49.9 Å². The molecule has 23 heavy (non-hydrogen) atoms. The van der Waals surface area contributed by atoms with E-state index in [1.54, 1.807) is 20.3 Å².